The van der Waals surface area contributed by atoms with Crippen LogP contribution in [0.5, 0.6) is 0 Å². The molecule has 3 rings (SSSR count). The van der Waals surface area contributed by atoms with Crippen molar-refractivity contribution in [3.63, 3.8) is 0 Å². The zero-order valence-corrected chi connectivity index (χ0v) is 16.2. The Morgan fingerprint density at radius 3 is 2.35 bits per heavy atom. The fraction of sp³-hybridized carbons (Fsp3) is 0.381. The number of piperazine rings is 1. The van der Waals surface area contributed by atoms with Gasteiger partial charge in [-0.05, 0) is 37.1 Å². The topological polar surface area (TPSA) is 35.6 Å². The van der Waals surface area contributed by atoms with Crippen LogP contribution in [0.1, 0.15) is 16.7 Å². The first-order chi connectivity index (χ1) is 12.5. The van der Waals surface area contributed by atoms with Gasteiger partial charge in [-0.25, -0.2) is 0 Å². The number of halogens is 1. The molecule has 0 spiro atoms. The lowest BCUT2D eigenvalue weighted by molar-refractivity contribution is -0.117. The zero-order chi connectivity index (χ0) is 18.5. The fourth-order valence-electron chi connectivity index (χ4n) is 3.18. The van der Waals surface area contributed by atoms with E-state index in [1.54, 1.807) is 6.07 Å². The average Bonchev–Trinajstić information content (AvgIpc) is 2.62. The summed E-state index contributed by atoms with van der Waals surface area (Å²) in [5.41, 5.74) is 4.45. The van der Waals surface area contributed by atoms with Gasteiger partial charge in [-0.1, -0.05) is 47.5 Å². The summed E-state index contributed by atoms with van der Waals surface area (Å²) in [7, 11) is 0. The predicted octanol–water partition coefficient (Wildman–Crippen LogP) is 3.71. The van der Waals surface area contributed by atoms with E-state index in [0.717, 1.165) is 44.0 Å². The molecule has 0 bridgehead atoms. The Hall–Kier alpha value is -1.88. The minimum Gasteiger partial charge on any atom is -0.325 e. The van der Waals surface area contributed by atoms with Crippen LogP contribution in [-0.4, -0.2) is 48.4 Å². The highest BCUT2D eigenvalue weighted by atomic mass is 35.5. The molecule has 0 atom stereocenters. The Labute approximate surface area is 160 Å². The molecule has 5 heteroatoms. The quantitative estimate of drug-likeness (QED) is 0.870. The highest BCUT2D eigenvalue weighted by Crippen LogP contribution is 2.20. The number of rotatable bonds is 5. The van der Waals surface area contributed by atoms with Gasteiger partial charge < -0.3 is 5.32 Å². The predicted molar refractivity (Wildman–Crippen MR) is 108 cm³/mol. The Morgan fingerprint density at radius 2 is 1.65 bits per heavy atom. The van der Waals surface area contributed by atoms with Gasteiger partial charge in [0.05, 0.1) is 6.54 Å². The van der Waals surface area contributed by atoms with Crippen LogP contribution in [0.2, 0.25) is 5.02 Å². The van der Waals surface area contributed by atoms with Crippen molar-refractivity contribution in [2.24, 2.45) is 0 Å². The minimum atomic E-state index is 0.0161. The van der Waals surface area contributed by atoms with E-state index in [1.807, 2.05) is 19.1 Å². The lowest BCUT2D eigenvalue weighted by Gasteiger charge is -2.34. The number of benzene rings is 2. The molecule has 0 unspecified atom stereocenters. The number of nitrogens with zero attached hydrogens (tertiary/aromatic N) is 2. The first-order valence-corrected chi connectivity index (χ1v) is 9.43. The normalized spacial score (nSPS) is 15.8. The van der Waals surface area contributed by atoms with Crippen molar-refractivity contribution < 1.29 is 4.79 Å². The van der Waals surface area contributed by atoms with E-state index >= 15 is 0 Å². The summed E-state index contributed by atoms with van der Waals surface area (Å²) in [5.74, 6) is 0.0161. The Balaban J connectivity index is 1.45. The van der Waals surface area contributed by atoms with Gasteiger partial charge in [0.25, 0.3) is 0 Å². The van der Waals surface area contributed by atoms with Crippen molar-refractivity contribution in [1.29, 1.82) is 0 Å². The molecule has 0 radical (unpaired) electrons. The molecule has 4 nitrogen and oxygen atoms in total. The Kier molecular flexibility index (Phi) is 6.30. The van der Waals surface area contributed by atoms with Crippen LogP contribution in [0.4, 0.5) is 5.69 Å². The van der Waals surface area contributed by atoms with E-state index in [0.29, 0.717) is 11.6 Å². The maximum atomic E-state index is 12.3. The molecule has 1 saturated heterocycles. The molecule has 2 aromatic rings. The second kappa shape index (κ2) is 8.67. The van der Waals surface area contributed by atoms with Crippen LogP contribution in [0.25, 0.3) is 0 Å². The summed E-state index contributed by atoms with van der Waals surface area (Å²) in [6.07, 6.45) is 0. The van der Waals surface area contributed by atoms with Crippen LogP contribution >= 0.6 is 11.6 Å². The van der Waals surface area contributed by atoms with Crippen LogP contribution in [0.3, 0.4) is 0 Å². The summed E-state index contributed by atoms with van der Waals surface area (Å²) in [6, 6.07) is 14.3. The summed E-state index contributed by atoms with van der Waals surface area (Å²) < 4.78 is 0. The molecule has 1 N–H and O–H groups in total. The third-order valence-corrected chi connectivity index (χ3v) is 5.07. The molecule has 2 aromatic carbocycles. The number of hydrogen-bond acceptors (Lipinski definition) is 3. The lowest BCUT2D eigenvalue weighted by atomic mass is 10.1. The maximum Gasteiger partial charge on any atom is 0.238 e. The van der Waals surface area contributed by atoms with E-state index in [4.69, 9.17) is 11.6 Å². The van der Waals surface area contributed by atoms with E-state index < -0.39 is 0 Å². The van der Waals surface area contributed by atoms with E-state index in [9.17, 15) is 4.79 Å². The standard InChI is InChI=1S/C21H26ClN3O/c1-16-3-6-18(7-4-16)14-24-9-11-25(12-10-24)15-21(26)23-20-13-19(22)8-5-17(20)2/h3-8,13H,9-12,14-15H2,1-2H3,(H,23,26). The van der Waals surface area contributed by atoms with Gasteiger partial charge in [0, 0.05) is 43.4 Å². The first kappa shape index (κ1) is 18.9. The van der Waals surface area contributed by atoms with Gasteiger partial charge >= 0.3 is 0 Å². The second-order valence-corrected chi connectivity index (χ2v) is 7.48. The molecule has 138 valence electrons. The number of aryl methyl sites for hydroxylation is 2. The van der Waals surface area contributed by atoms with Gasteiger partial charge in [0.2, 0.25) is 5.91 Å². The number of carbonyl (C=O) groups is 1. The van der Waals surface area contributed by atoms with E-state index in [-0.39, 0.29) is 5.91 Å². The molecule has 1 aliphatic heterocycles. The molecule has 1 aliphatic rings. The summed E-state index contributed by atoms with van der Waals surface area (Å²) in [5, 5.41) is 3.61. The Bertz CT molecular complexity index is 752. The molecule has 1 fully saturated rings. The molecule has 0 saturated carbocycles. The summed E-state index contributed by atoms with van der Waals surface area (Å²) in [6.45, 7) is 9.26. The number of anilines is 1. The van der Waals surface area contributed by atoms with Gasteiger partial charge in [0.1, 0.15) is 0 Å². The number of nitrogens with one attached hydrogen (secondary N) is 1. The summed E-state index contributed by atoms with van der Waals surface area (Å²) in [4.78, 5) is 17.0. The van der Waals surface area contributed by atoms with Crippen molar-refractivity contribution in [2.75, 3.05) is 38.0 Å². The van der Waals surface area contributed by atoms with Crippen molar-refractivity contribution in [1.82, 2.24) is 9.80 Å². The third-order valence-electron chi connectivity index (χ3n) is 4.83. The Morgan fingerprint density at radius 1 is 1.00 bits per heavy atom. The maximum absolute atomic E-state index is 12.3. The lowest BCUT2D eigenvalue weighted by Crippen LogP contribution is -2.48. The highest BCUT2D eigenvalue weighted by molar-refractivity contribution is 6.31. The number of hydrogen-bond donors (Lipinski definition) is 1. The molecular weight excluding hydrogens is 346 g/mol. The monoisotopic (exact) mass is 371 g/mol. The van der Waals surface area contributed by atoms with Crippen LogP contribution in [0, 0.1) is 13.8 Å². The first-order valence-electron chi connectivity index (χ1n) is 9.06. The second-order valence-electron chi connectivity index (χ2n) is 7.05. The van der Waals surface area contributed by atoms with E-state index in [1.165, 1.54) is 11.1 Å². The number of carbonyl (C=O) groups excluding carboxylic acids is 1. The molecular formula is C21H26ClN3O. The number of amides is 1. The van der Waals surface area contributed by atoms with Gasteiger partial charge in [-0.3, -0.25) is 14.6 Å². The molecule has 1 amide bonds. The van der Waals surface area contributed by atoms with Gasteiger partial charge in [-0.2, -0.15) is 0 Å². The molecule has 0 aliphatic carbocycles. The van der Waals surface area contributed by atoms with Crippen molar-refractivity contribution in [3.05, 3.63) is 64.2 Å². The van der Waals surface area contributed by atoms with Crippen LogP contribution in [-0.2, 0) is 11.3 Å². The van der Waals surface area contributed by atoms with Crippen LogP contribution < -0.4 is 5.32 Å². The van der Waals surface area contributed by atoms with E-state index in [2.05, 4.69) is 46.3 Å². The SMILES string of the molecule is Cc1ccc(CN2CCN(CC(=O)Nc3cc(Cl)ccc3C)CC2)cc1. The van der Waals surface area contributed by atoms with Crippen molar-refractivity contribution >= 4 is 23.2 Å². The smallest absolute Gasteiger partial charge is 0.238 e. The largest absolute Gasteiger partial charge is 0.325 e. The van der Waals surface area contributed by atoms with Crippen molar-refractivity contribution in [2.45, 2.75) is 20.4 Å². The third kappa shape index (κ3) is 5.31. The highest BCUT2D eigenvalue weighted by Gasteiger charge is 2.19. The van der Waals surface area contributed by atoms with Gasteiger partial charge in [0.15, 0.2) is 0 Å². The van der Waals surface area contributed by atoms with Crippen molar-refractivity contribution in [3.8, 4) is 0 Å². The molecule has 26 heavy (non-hydrogen) atoms. The minimum absolute atomic E-state index is 0.0161. The molecule has 1 heterocycles. The fourth-order valence-corrected chi connectivity index (χ4v) is 3.35. The molecule has 0 aromatic heterocycles. The summed E-state index contributed by atoms with van der Waals surface area (Å²) >= 11 is 6.02. The van der Waals surface area contributed by atoms with Gasteiger partial charge in [-0.15, -0.1) is 0 Å². The van der Waals surface area contributed by atoms with Crippen LogP contribution in [0.15, 0.2) is 42.5 Å². The zero-order valence-electron chi connectivity index (χ0n) is 15.5. The average molecular weight is 372 g/mol.